The smallest absolute Gasteiger partial charge is 0.328 e. The van der Waals surface area contributed by atoms with Crippen LogP contribution in [-0.4, -0.2) is 23.5 Å². The van der Waals surface area contributed by atoms with E-state index in [2.05, 4.69) is 5.32 Å². The van der Waals surface area contributed by atoms with Crippen LogP contribution in [0.1, 0.15) is 5.56 Å². The van der Waals surface area contributed by atoms with Gasteiger partial charge >= 0.3 is 5.97 Å². The van der Waals surface area contributed by atoms with Crippen LogP contribution in [0.25, 0.3) is 0 Å². The molecule has 17 heavy (non-hydrogen) atoms. The number of hydrogen-bond donors (Lipinski definition) is 3. The maximum atomic E-state index is 11.1. The normalized spacial score (nSPS) is 10.4. The van der Waals surface area contributed by atoms with Crippen molar-refractivity contribution in [2.24, 2.45) is 0 Å². The molecule has 0 fully saturated rings. The highest BCUT2D eigenvalue weighted by Crippen LogP contribution is 2.05. The minimum Gasteiger partial charge on any atom is -0.478 e. The molecule has 0 aliphatic heterocycles. The second kappa shape index (κ2) is 6.32. The summed E-state index contributed by atoms with van der Waals surface area (Å²) in [5, 5.41) is 10.9. The van der Waals surface area contributed by atoms with Crippen molar-refractivity contribution in [2.45, 2.75) is 6.42 Å². The molecule has 90 valence electrons. The summed E-state index contributed by atoms with van der Waals surface area (Å²) in [7, 11) is 0. The first-order chi connectivity index (χ1) is 8.08. The summed E-state index contributed by atoms with van der Waals surface area (Å²) in [4.78, 5) is 21.3. The summed E-state index contributed by atoms with van der Waals surface area (Å²) in [5.74, 6) is -1.55. The third-order valence-corrected chi connectivity index (χ3v) is 2.07. The van der Waals surface area contributed by atoms with Crippen LogP contribution in [0.3, 0.4) is 0 Å². The number of carbonyl (C=O) groups is 2. The second-order valence-corrected chi connectivity index (χ2v) is 3.45. The monoisotopic (exact) mass is 234 g/mol. The van der Waals surface area contributed by atoms with Gasteiger partial charge in [0, 0.05) is 24.4 Å². The first kappa shape index (κ1) is 12.8. The number of nitrogens with one attached hydrogen (secondary N) is 1. The summed E-state index contributed by atoms with van der Waals surface area (Å²) in [5.41, 5.74) is 7.29. The van der Waals surface area contributed by atoms with Crippen molar-refractivity contribution >= 4 is 17.6 Å². The average Bonchev–Trinajstić information content (AvgIpc) is 2.29. The molecule has 0 unspecified atom stereocenters. The molecular formula is C12H14N2O3. The summed E-state index contributed by atoms with van der Waals surface area (Å²) >= 11 is 0. The molecule has 0 aliphatic rings. The van der Waals surface area contributed by atoms with E-state index in [0.29, 0.717) is 18.7 Å². The van der Waals surface area contributed by atoms with Crippen molar-refractivity contribution in [3.63, 3.8) is 0 Å². The molecule has 1 aromatic rings. The fraction of sp³-hybridized carbons (Fsp3) is 0.167. The van der Waals surface area contributed by atoms with Gasteiger partial charge in [0.1, 0.15) is 0 Å². The Hall–Kier alpha value is -2.30. The first-order valence-electron chi connectivity index (χ1n) is 5.11. The van der Waals surface area contributed by atoms with E-state index in [0.717, 1.165) is 17.7 Å². The highest BCUT2D eigenvalue weighted by Gasteiger charge is 1.97. The van der Waals surface area contributed by atoms with Gasteiger partial charge < -0.3 is 16.2 Å². The Labute approximate surface area is 98.9 Å². The van der Waals surface area contributed by atoms with Crippen LogP contribution in [0.15, 0.2) is 36.4 Å². The number of carbonyl (C=O) groups excluding carboxylic acids is 1. The van der Waals surface area contributed by atoms with Gasteiger partial charge in [0.05, 0.1) is 0 Å². The van der Waals surface area contributed by atoms with Gasteiger partial charge in [-0.1, -0.05) is 12.1 Å². The van der Waals surface area contributed by atoms with Crippen LogP contribution in [-0.2, 0) is 16.0 Å². The molecule has 1 rings (SSSR count). The Bertz CT molecular complexity index is 424. The number of hydrogen-bond acceptors (Lipinski definition) is 3. The molecule has 0 radical (unpaired) electrons. The molecule has 0 atom stereocenters. The third-order valence-electron chi connectivity index (χ3n) is 2.07. The van der Waals surface area contributed by atoms with Crippen LogP contribution in [0.2, 0.25) is 0 Å². The topological polar surface area (TPSA) is 92.4 Å². The molecule has 0 saturated heterocycles. The van der Waals surface area contributed by atoms with E-state index in [1.165, 1.54) is 0 Å². The van der Waals surface area contributed by atoms with Crippen molar-refractivity contribution in [1.29, 1.82) is 0 Å². The van der Waals surface area contributed by atoms with Gasteiger partial charge in [0.15, 0.2) is 0 Å². The SMILES string of the molecule is Nc1ccc(CCNC(=O)/C=C/C(=O)O)cc1. The predicted molar refractivity (Wildman–Crippen MR) is 64.3 cm³/mol. The predicted octanol–water partition coefficient (Wildman–Crippen LogP) is 0.568. The van der Waals surface area contributed by atoms with Crippen molar-refractivity contribution in [3.05, 3.63) is 42.0 Å². The van der Waals surface area contributed by atoms with E-state index in [1.807, 2.05) is 12.1 Å². The number of aliphatic carboxylic acids is 1. The Balaban J connectivity index is 2.30. The number of anilines is 1. The summed E-state index contributed by atoms with van der Waals surface area (Å²) in [6, 6.07) is 7.35. The molecule has 1 amide bonds. The number of carboxylic acid groups (broad SMARTS) is 1. The van der Waals surface area contributed by atoms with E-state index in [-0.39, 0.29) is 0 Å². The lowest BCUT2D eigenvalue weighted by Crippen LogP contribution is -2.23. The lowest BCUT2D eigenvalue weighted by Gasteiger charge is -2.03. The van der Waals surface area contributed by atoms with Crippen molar-refractivity contribution in [2.75, 3.05) is 12.3 Å². The number of carboxylic acids is 1. The van der Waals surface area contributed by atoms with Crippen molar-refractivity contribution < 1.29 is 14.7 Å². The van der Waals surface area contributed by atoms with Crippen molar-refractivity contribution in [1.82, 2.24) is 5.32 Å². The molecule has 0 aliphatic carbocycles. The fourth-order valence-corrected chi connectivity index (χ4v) is 1.22. The molecule has 0 aromatic heterocycles. The minimum atomic E-state index is -1.14. The van der Waals surface area contributed by atoms with Crippen LogP contribution < -0.4 is 11.1 Å². The molecule has 0 bridgehead atoms. The average molecular weight is 234 g/mol. The zero-order valence-electron chi connectivity index (χ0n) is 9.22. The third kappa shape index (κ3) is 5.36. The quantitative estimate of drug-likeness (QED) is 0.513. The Morgan fingerprint density at radius 1 is 1.24 bits per heavy atom. The Morgan fingerprint density at radius 2 is 1.88 bits per heavy atom. The zero-order chi connectivity index (χ0) is 12.7. The van der Waals surface area contributed by atoms with Gasteiger partial charge in [-0.25, -0.2) is 4.79 Å². The number of rotatable bonds is 5. The second-order valence-electron chi connectivity index (χ2n) is 3.45. The lowest BCUT2D eigenvalue weighted by molar-refractivity contribution is -0.131. The van der Waals surface area contributed by atoms with Gasteiger partial charge in [0.2, 0.25) is 5.91 Å². The lowest BCUT2D eigenvalue weighted by atomic mass is 10.1. The molecule has 0 spiro atoms. The van der Waals surface area contributed by atoms with Gasteiger partial charge in [-0.2, -0.15) is 0 Å². The van der Waals surface area contributed by atoms with E-state index >= 15 is 0 Å². The van der Waals surface area contributed by atoms with Crippen LogP contribution in [0, 0.1) is 0 Å². The molecule has 1 aromatic carbocycles. The summed E-state index contributed by atoms with van der Waals surface area (Å²) < 4.78 is 0. The fourth-order valence-electron chi connectivity index (χ4n) is 1.22. The van der Waals surface area contributed by atoms with Crippen LogP contribution in [0.4, 0.5) is 5.69 Å². The van der Waals surface area contributed by atoms with Crippen LogP contribution >= 0.6 is 0 Å². The van der Waals surface area contributed by atoms with Gasteiger partial charge in [-0.15, -0.1) is 0 Å². The molecule has 5 nitrogen and oxygen atoms in total. The Kier molecular flexibility index (Phi) is 4.75. The van der Waals surface area contributed by atoms with E-state index in [9.17, 15) is 9.59 Å². The summed E-state index contributed by atoms with van der Waals surface area (Å²) in [6.07, 6.45) is 2.47. The minimum absolute atomic E-state index is 0.414. The standard InChI is InChI=1S/C12H14N2O3/c13-10-3-1-9(2-4-10)7-8-14-11(15)5-6-12(16)17/h1-6H,7-8,13H2,(H,14,15)(H,16,17)/b6-5+. The number of amides is 1. The maximum absolute atomic E-state index is 11.1. The molecule has 4 N–H and O–H groups in total. The zero-order valence-corrected chi connectivity index (χ0v) is 9.22. The number of benzene rings is 1. The van der Waals surface area contributed by atoms with Crippen molar-refractivity contribution in [3.8, 4) is 0 Å². The van der Waals surface area contributed by atoms with Gasteiger partial charge in [-0.05, 0) is 24.1 Å². The highest BCUT2D eigenvalue weighted by atomic mass is 16.4. The first-order valence-corrected chi connectivity index (χ1v) is 5.11. The van der Waals surface area contributed by atoms with E-state index < -0.39 is 11.9 Å². The molecular weight excluding hydrogens is 220 g/mol. The van der Waals surface area contributed by atoms with E-state index in [1.54, 1.807) is 12.1 Å². The van der Waals surface area contributed by atoms with E-state index in [4.69, 9.17) is 10.8 Å². The number of nitrogens with two attached hydrogens (primary N) is 1. The highest BCUT2D eigenvalue weighted by molar-refractivity contribution is 5.93. The summed E-state index contributed by atoms with van der Waals surface area (Å²) in [6.45, 7) is 0.451. The molecule has 5 heteroatoms. The van der Waals surface area contributed by atoms with Gasteiger partial charge in [-0.3, -0.25) is 4.79 Å². The molecule has 0 heterocycles. The molecule has 0 saturated carbocycles. The number of nitrogen functional groups attached to an aromatic ring is 1. The largest absolute Gasteiger partial charge is 0.478 e. The maximum Gasteiger partial charge on any atom is 0.328 e. The van der Waals surface area contributed by atoms with Crippen LogP contribution in [0.5, 0.6) is 0 Å². The van der Waals surface area contributed by atoms with Gasteiger partial charge in [0.25, 0.3) is 0 Å². The Morgan fingerprint density at radius 3 is 2.47 bits per heavy atom.